The highest BCUT2D eigenvalue weighted by Crippen LogP contribution is 2.39. The molecule has 0 bridgehead atoms. The highest BCUT2D eigenvalue weighted by Gasteiger charge is 2.44. The molecule has 2 fully saturated rings. The van der Waals surface area contributed by atoms with Crippen molar-refractivity contribution >= 4 is 11.6 Å². The number of pyridine rings is 1. The van der Waals surface area contributed by atoms with Gasteiger partial charge in [0.15, 0.2) is 0 Å². The lowest BCUT2D eigenvalue weighted by Gasteiger charge is -2.36. The summed E-state index contributed by atoms with van der Waals surface area (Å²) in [6.07, 6.45) is 6.01. The van der Waals surface area contributed by atoms with Gasteiger partial charge in [0.1, 0.15) is 5.69 Å². The van der Waals surface area contributed by atoms with Crippen molar-refractivity contribution in [3.05, 3.63) is 59.9 Å². The number of anilines is 1. The average molecular weight is 364 g/mol. The van der Waals surface area contributed by atoms with E-state index in [9.17, 15) is 4.79 Å². The molecule has 1 N–H and O–H groups in total. The van der Waals surface area contributed by atoms with E-state index in [4.69, 9.17) is 0 Å². The van der Waals surface area contributed by atoms with Crippen molar-refractivity contribution in [3.8, 4) is 0 Å². The molecule has 1 aliphatic carbocycles. The molecule has 1 aromatic carbocycles. The van der Waals surface area contributed by atoms with Crippen LogP contribution in [0.4, 0.5) is 5.69 Å². The molecule has 2 aliphatic rings. The fourth-order valence-electron chi connectivity index (χ4n) is 4.40. The minimum Gasteiger partial charge on any atom is -0.371 e. The van der Waals surface area contributed by atoms with Crippen molar-refractivity contribution in [2.24, 2.45) is 11.8 Å². The van der Waals surface area contributed by atoms with Crippen LogP contribution in [0.2, 0.25) is 0 Å². The quantitative estimate of drug-likeness (QED) is 0.871. The lowest BCUT2D eigenvalue weighted by atomic mass is 9.91. The number of nitrogens with one attached hydrogen (secondary N) is 1. The molecule has 0 radical (unpaired) electrons. The molecule has 2 unspecified atom stereocenters. The van der Waals surface area contributed by atoms with Crippen molar-refractivity contribution in [1.29, 1.82) is 0 Å². The summed E-state index contributed by atoms with van der Waals surface area (Å²) in [6.45, 7) is 6.70. The van der Waals surface area contributed by atoms with E-state index >= 15 is 0 Å². The molecule has 1 saturated heterocycles. The second-order valence-electron chi connectivity index (χ2n) is 8.65. The van der Waals surface area contributed by atoms with Gasteiger partial charge in [-0.15, -0.1) is 0 Å². The number of amides is 1. The van der Waals surface area contributed by atoms with E-state index in [0.717, 1.165) is 38.0 Å². The van der Waals surface area contributed by atoms with Crippen LogP contribution in [-0.2, 0) is 6.42 Å². The maximum atomic E-state index is 12.9. The van der Waals surface area contributed by atoms with Gasteiger partial charge in [-0.05, 0) is 55.2 Å². The van der Waals surface area contributed by atoms with Crippen molar-refractivity contribution in [1.82, 2.24) is 10.3 Å². The van der Waals surface area contributed by atoms with Crippen LogP contribution in [0.5, 0.6) is 0 Å². The summed E-state index contributed by atoms with van der Waals surface area (Å²) in [5.74, 6) is 1.31. The maximum Gasteiger partial charge on any atom is 0.270 e. The summed E-state index contributed by atoms with van der Waals surface area (Å²) < 4.78 is 0. The molecule has 1 saturated carbocycles. The first-order valence-corrected chi connectivity index (χ1v) is 10.1. The third-order valence-corrected chi connectivity index (χ3v) is 5.83. The fraction of sp³-hybridized carbons (Fsp3) is 0.478. The van der Waals surface area contributed by atoms with E-state index in [1.54, 1.807) is 6.20 Å². The topological polar surface area (TPSA) is 45.2 Å². The Morgan fingerprint density at radius 1 is 1.15 bits per heavy atom. The van der Waals surface area contributed by atoms with Crippen molar-refractivity contribution in [2.45, 2.75) is 45.1 Å². The van der Waals surface area contributed by atoms with Gasteiger partial charge in [-0.3, -0.25) is 9.78 Å². The first kappa shape index (κ1) is 18.0. The SMILES string of the molecule is CC1CC(C)CN(c2ccnc(C(=O)NC3(Cc4ccccc4)CC3)c2)C1. The zero-order valence-corrected chi connectivity index (χ0v) is 16.3. The molecule has 1 aliphatic heterocycles. The predicted molar refractivity (Wildman–Crippen MR) is 109 cm³/mol. The number of aromatic nitrogens is 1. The van der Waals surface area contributed by atoms with Gasteiger partial charge in [0.25, 0.3) is 5.91 Å². The van der Waals surface area contributed by atoms with E-state index in [0.29, 0.717) is 17.5 Å². The predicted octanol–water partition coefficient (Wildman–Crippen LogP) is 4.07. The lowest BCUT2D eigenvalue weighted by molar-refractivity contribution is 0.0926. The Morgan fingerprint density at radius 2 is 1.85 bits per heavy atom. The third-order valence-electron chi connectivity index (χ3n) is 5.83. The van der Waals surface area contributed by atoms with Crippen LogP contribution in [0, 0.1) is 11.8 Å². The average Bonchev–Trinajstić information content (AvgIpc) is 3.40. The molecule has 0 spiro atoms. The second kappa shape index (κ2) is 7.34. The molecule has 2 atom stereocenters. The third kappa shape index (κ3) is 4.32. The molecule has 4 nitrogen and oxygen atoms in total. The monoisotopic (exact) mass is 363 g/mol. The Bertz CT molecular complexity index is 790. The number of hydrogen-bond donors (Lipinski definition) is 1. The highest BCUT2D eigenvalue weighted by atomic mass is 16.2. The number of piperidine rings is 1. The summed E-state index contributed by atoms with van der Waals surface area (Å²) in [4.78, 5) is 19.6. The Balaban J connectivity index is 1.45. The zero-order valence-electron chi connectivity index (χ0n) is 16.3. The van der Waals surface area contributed by atoms with E-state index in [1.165, 1.54) is 12.0 Å². The van der Waals surface area contributed by atoms with Gasteiger partial charge in [0.2, 0.25) is 0 Å². The molecule has 1 aromatic heterocycles. The first-order chi connectivity index (χ1) is 13.0. The summed E-state index contributed by atoms with van der Waals surface area (Å²) in [5.41, 5.74) is 2.82. The Hall–Kier alpha value is -2.36. The van der Waals surface area contributed by atoms with Crippen LogP contribution in [0.15, 0.2) is 48.7 Å². The maximum absolute atomic E-state index is 12.9. The molecular weight excluding hydrogens is 334 g/mol. The molecule has 27 heavy (non-hydrogen) atoms. The van der Waals surface area contributed by atoms with Crippen LogP contribution >= 0.6 is 0 Å². The smallest absolute Gasteiger partial charge is 0.270 e. The van der Waals surface area contributed by atoms with Crippen LogP contribution in [0.3, 0.4) is 0 Å². The second-order valence-corrected chi connectivity index (χ2v) is 8.65. The van der Waals surface area contributed by atoms with Crippen LogP contribution in [0.1, 0.15) is 49.2 Å². The molecule has 1 amide bonds. The summed E-state index contributed by atoms with van der Waals surface area (Å²) in [7, 11) is 0. The number of carbonyl (C=O) groups excluding carboxylic acids is 1. The van der Waals surface area contributed by atoms with E-state index < -0.39 is 0 Å². The minimum atomic E-state index is -0.0930. The zero-order chi connectivity index (χ0) is 18.9. The molecule has 142 valence electrons. The van der Waals surface area contributed by atoms with Gasteiger partial charge >= 0.3 is 0 Å². The molecule has 4 heteroatoms. The van der Waals surface area contributed by atoms with Crippen LogP contribution in [0.25, 0.3) is 0 Å². The minimum absolute atomic E-state index is 0.0524. The van der Waals surface area contributed by atoms with Crippen molar-refractivity contribution in [3.63, 3.8) is 0 Å². The van der Waals surface area contributed by atoms with E-state index in [2.05, 4.69) is 53.3 Å². The number of rotatable bonds is 5. The summed E-state index contributed by atoms with van der Waals surface area (Å²) in [5, 5.41) is 3.26. The van der Waals surface area contributed by atoms with Gasteiger partial charge < -0.3 is 10.2 Å². The Morgan fingerprint density at radius 3 is 2.52 bits per heavy atom. The van der Waals surface area contributed by atoms with Gasteiger partial charge in [-0.2, -0.15) is 0 Å². The lowest BCUT2D eigenvalue weighted by Crippen LogP contribution is -2.40. The van der Waals surface area contributed by atoms with Crippen LogP contribution < -0.4 is 10.2 Å². The van der Waals surface area contributed by atoms with Crippen LogP contribution in [-0.4, -0.2) is 29.5 Å². The summed E-state index contributed by atoms with van der Waals surface area (Å²) in [6, 6.07) is 14.4. The largest absolute Gasteiger partial charge is 0.371 e. The molecule has 4 rings (SSSR count). The highest BCUT2D eigenvalue weighted by molar-refractivity contribution is 5.94. The summed E-state index contributed by atoms with van der Waals surface area (Å²) >= 11 is 0. The number of carbonyl (C=O) groups is 1. The molecular formula is C23H29N3O. The Kier molecular flexibility index (Phi) is 4.90. The van der Waals surface area contributed by atoms with Gasteiger partial charge in [0.05, 0.1) is 0 Å². The standard InChI is InChI=1S/C23H29N3O/c1-17-12-18(2)16-26(15-17)20-8-11-24-21(13-20)22(27)25-23(9-10-23)14-19-6-4-3-5-7-19/h3-8,11,13,17-18H,9-10,12,14-16H2,1-2H3,(H,25,27). The normalized spacial score (nSPS) is 23.7. The number of hydrogen-bond acceptors (Lipinski definition) is 3. The van der Waals surface area contributed by atoms with E-state index in [1.807, 2.05) is 18.2 Å². The van der Waals surface area contributed by atoms with Gasteiger partial charge in [-0.1, -0.05) is 44.2 Å². The first-order valence-electron chi connectivity index (χ1n) is 10.1. The molecule has 2 heterocycles. The number of benzene rings is 1. The van der Waals surface area contributed by atoms with Gasteiger partial charge in [-0.25, -0.2) is 0 Å². The Labute approximate surface area is 162 Å². The fourth-order valence-corrected chi connectivity index (χ4v) is 4.40. The van der Waals surface area contributed by atoms with Crippen molar-refractivity contribution < 1.29 is 4.79 Å². The number of nitrogens with zero attached hydrogens (tertiary/aromatic N) is 2. The van der Waals surface area contributed by atoms with E-state index in [-0.39, 0.29) is 11.4 Å². The van der Waals surface area contributed by atoms with Gasteiger partial charge in [0, 0.05) is 30.5 Å². The van der Waals surface area contributed by atoms with Crippen molar-refractivity contribution in [2.75, 3.05) is 18.0 Å². The molecule has 2 aromatic rings.